The number of nitrogens with zero attached hydrogens (tertiary/aromatic N) is 2. The first-order valence-corrected chi connectivity index (χ1v) is 14.6. The van der Waals surface area contributed by atoms with E-state index in [1.807, 2.05) is 12.3 Å². The van der Waals surface area contributed by atoms with Gasteiger partial charge in [0.05, 0.1) is 16.7 Å². The molecule has 202 valence electrons. The Bertz CT molecular complexity index is 2300. The van der Waals surface area contributed by atoms with Crippen molar-refractivity contribution in [3.63, 3.8) is 0 Å². The number of aryl methyl sites for hydroxylation is 4. The largest absolute Gasteiger partial charge is 0.354 e. The van der Waals surface area contributed by atoms with Crippen molar-refractivity contribution in [3.8, 4) is 27.9 Å². The predicted octanol–water partition coefficient (Wildman–Crippen LogP) is 10.4. The molecule has 0 unspecified atom stereocenters. The number of para-hydroxylation sites is 3. The highest BCUT2D eigenvalue weighted by molar-refractivity contribution is 6.12. The number of aromatic amines is 1. The van der Waals surface area contributed by atoms with Crippen molar-refractivity contribution in [2.75, 3.05) is 0 Å². The second kappa shape index (κ2) is 9.19. The highest BCUT2D eigenvalue weighted by Gasteiger charge is 2.18. The molecule has 0 amide bonds. The van der Waals surface area contributed by atoms with E-state index < -0.39 is 0 Å². The van der Waals surface area contributed by atoms with Gasteiger partial charge in [-0.1, -0.05) is 66.7 Å². The van der Waals surface area contributed by atoms with Crippen LogP contribution in [0.4, 0.5) is 0 Å². The summed E-state index contributed by atoms with van der Waals surface area (Å²) in [5, 5.41) is 4.92. The number of H-pyrrole nitrogens is 1. The maximum absolute atomic E-state index is 4.85. The predicted molar refractivity (Wildman–Crippen MR) is 178 cm³/mol. The van der Waals surface area contributed by atoms with E-state index in [0.29, 0.717) is 0 Å². The molecule has 0 saturated carbocycles. The van der Waals surface area contributed by atoms with E-state index in [-0.39, 0.29) is 0 Å². The summed E-state index contributed by atoms with van der Waals surface area (Å²) in [6.45, 7) is 8.90. The van der Waals surface area contributed by atoms with Crippen LogP contribution in [0.5, 0.6) is 0 Å². The van der Waals surface area contributed by atoms with Crippen molar-refractivity contribution in [2.24, 2.45) is 0 Å². The molecule has 42 heavy (non-hydrogen) atoms. The van der Waals surface area contributed by atoms with Gasteiger partial charge >= 0.3 is 0 Å². The van der Waals surface area contributed by atoms with Crippen molar-refractivity contribution in [1.29, 1.82) is 0 Å². The van der Waals surface area contributed by atoms with E-state index in [4.69, 9.17) is 4.98 Å². The Balaban J connectivity index is 1.37. The Morgan fingerprint density at radius 2 is 1.17 bits per heavy atom. The quantitative estimate of drug-likeness (QED) is 0.237. The maximum Gasteiger partial charge on any atom is 0.145 e. The molecule has 3 nitrogen and oxygen atoms in total. The molecule has 8 aromatic rings. The number of hydrogen-bond donors (Lipinski definition) is 1. The van der Waals surface area contributed by atoms with Crippen LogP contribution < -0.4 is 0 Å². The van der Waals surface area contributed by atoms with Crippen molar-refractivity contribution in [2.45, 2.75) is 27.7 Å². The SMILES string of the molecule is Cc1cc(C)c(-c2cccc3c2[nH]c2ccccc23)cc1-c1cc(-n2c3ccccc3c3cccnc32)c(C)cc1C. The van der Waals surface area contributed by atoms with E-state index in [9.17, 15) is 0 Å². The van der Waals surface area contributed by atoms with E-state index in [1.165, 1.54) is 88.3 Å². The van der Waals surface area contributed by atoms with Gasteiger partial charge in [-0.05, 0) is 103 Å². The molecule has 0 atom stereocenters. The third-order valence-electron chi connectivity index (χ3n) is 8.91. The van der Waals surface area contributed by atoms with Crippen LogP contribution in [0.1, 0.15) is 22.3 Å². The molecule has 3 heterocycles. The molecule has 3 heteroatoms. The summed E-state index contributed by atoms with van der Waals surface area (Å²) in [6.07, 6.45) is 1.89. The number of pyridine rings is 1. The summed E-state index contributed by atoms with van der Waals surface area (Å²) in [4.78, 5) is 8.57. The summed E-state index contributed by atoms with van der Waals surface area (Å²) < 4.78 is 2.33. The van der Waals surface area contributed by atoms with E-state index in [0.717, 1.165) is 5.65 Å². The number of fused-ring (bicyclic) bond motifs is 6. The fourth-order valence-corrected chi connectivity index (χ4v) is 6.94. The fourth-order valence-electron chi connectivity index (χ4n) is 6.94. The number of hydrogen-bond acceptors (Lipinski definition) is 1. The summed E-state index contributed by atoms with van der Waals surface area (Å²) in [5.41, 5.74) is 15.8. The van der Waals surface area contributed by atoms with Crippen molar-refractivity contribution in [1.82, 2.24) is 14.5 Å². The van der Waals surface area contributed by atoms with E-state index in [2.05, 4.69) is 134 Å². The molecule has 0 fully saturated rings. The minimum absolute atomic E-state index is 0.989. The van der Waals surface area contributed by atoms with Crippen molar-refractivity contribution < 1.29 is 0 Å². The zero-order valence-electron chi connectivity index (χ0n) is 24.3. The van der Waals surface area contributed by atoms with Gasteiger partial charge in [0.25, 0.3) is 0 Å². The third kappa shape index (κ3) is 3.56. The Morgan fingerprint density at radius 1 is 0.524 bits per heavy atom. The lowest BCUT2D eigenvalue weighted by Crippen LogP contribution is -2.01. The van der Waals surface area contributed by atoms with E-state index in [1.54, 1.807) is 0 Å². The normalized spacial score (nSPS) is 11.8. The first-order chi connectivity index (χ1) is 20.5. The highest BCUT2D eigenvalue weighted by atomic mass is 15.0. The zero-order valence-corrected chi connectivity index (χ0v) is 24.3. The Hall–Kier alpha value is -5.15. The molecule has 1 N–H and O–H groups in total. The highest BCUT2D eigenvalue weighted by Crippen LogP contribution is 2.40. The molecular weight excluding hydrogens is 510 g/mol. The summed E-state index contributed by atoms with van der Waals surface area (Å²) in [6, 6.07) is 37.5. The molecule has 0 aliphatic heterocycles. The number of nitrogens with one attached hydrogen (secondary N) is 1. The minimum Gasteiger partial charge on any atom is -0.354 e. The molecule has 0 aliphatic rings. The third-order valence-corrected chi connectivity index (χ3v) is 8.91. The van der Waals surface area contributed by atoms with Crippen LogP contribution in [0.3, 0.4) is 0 Å². The van der Waals surface area contributed by atoms with Crippen LogP contribution in [-0.2, 0) is 0 Å². The van der Waals surface area contributed by atoms with Gasteiger partial charge in [-0.3, -0.25) is 4.57 Å². The summed E-state index contributed by atoms with van der Waals surface area (Å²) in [7, 11) is 0. The van der Waals surface area contributed by atoms with Crippen LogP contribution in [0, 0.1) is 27.7 Å². The van der Waals surface area contributed by atoms with Crippen LogP contribution in [0.2, 0.25) is 0 Å². The van der Waals surface area contributed by atoms with Crippen molar-refractivity contribution in [3.05, 3.63) is 132 Å². The summed E-state index contributed by atoms with van der Waals surface area (Å²) in [5.74, 6) is 0. The van der Waals surface area contributed by atoms with Gasteiger partial charge in [-0.15, -0.1) is 0 Å². The number of rotatable bonds is 3. The fraction of sp³-hybridized carbons (Fsp3) is 0.103. The number of aromatic nitrogens is 3. The average Bonchev–Trinajstić information content (AvgIpc) is 3.54. The standard InChI is InChI=1S/C39H31N3/c1-23-19-24(2)33(21-32(23)30-14-9-13-29-27-11-5-7-16-35(27)41-38(29)30)34-22-37(26(4)20-25(34)3)42-36-17-8-6-12-28(36)31-15-10-18-40-39(31)42/h5-22,41H,1-4H3. The van der Waals surface area contributed by atoms with Crippen molar-refractivity contribution >= 4 is 43.7 Å². The van der Waals surface area contributed by atoms with Gasteiger partial charge in [0.1, 0.15) is 5.65 Å². The van der Waals surface area contributed by atoms with Crippen LogP contribution in [0.15, 0.2) is 109 Å². The monoisotopic (exact) mass is 541 g/mol. The second-order valence-corrected chi connectivity index (χ2v) is 11.6. The molecule has 3 aromatic heterocycles. The average molecular weight is 542 g/mol. The smallest absolute Gasteiger partial charge is 0.145 e. The second-order valence-electron chi connectivity index (χ2n) is 11.6. The summed E-state index contributed by atoms with van der Waals surface area (Å²) >= 11 is 0. The Kier molecular flexibility index (Phi) is 5.39. The molecule has 0 aliphatic carbocycles. The Morgan fingerprint density at radius 3 is 2.00 bits per heavy atom. The molecule has 0 spiro atoms. The van der Waals surface area contributed by atoms with Gasteiger partial charge in [-0.25, -0.2) is 4.98 Å². The van der Waals surface area contributed by atoms with Crippen LogP contribution >= 0.6 is 0 Å². The van der Waals surface area contributed by atoms with Gasteiger partial charge in [0.15, 0.2) is 0 Å². The maximum atomic E-state index is 4.85. The molecule has 0 bridgehead atoms. The first kappa shape index (κ1) is 24.6. The van der Waals surface area contributed by atoms with Crippen LogP contribution in [0.25, 0.3) is 71.7 Å². The minimum atomic E-state index is 0.989. The molecule has 5 aromatic carbocycles. The lowest BCUT2D eigenvalue weighted by Gasteiger charge is -2.19. The van der Waals surface area contributed by atoms with Gasteiger partial charge < -0.3 is 4.98 Å². The lowest BCUT2D eigenvalue weighted by molar-refractivity contribution is 1.11. The van der Waals surface area contributed by atoms with Gasteiger partial charge in [-0.2, -0.15) is 0 Å². The van der Waals surface area contributed by atoms with Crippen LogP contribution in [-0.4, -0.2) is 14.5 Å². The molecular formula is C39H31N3. The number of benzene rings is 5. The first-order valence-electron chi connectivity index (χ1n) is 14.6. The zero-order chi connectivity index (χ0) is 28.5. The Labute approximate surface area is 245 Å². The molecule has 0 saturated heterocycles. The topological polar surface area (TPSA) is 33.6 Å². The van der Waals surface area contributed by atoms with Gasteiger partial charge in [0, 0.05) is 38.8 Å². The lowest BCUT2D eigenvalue weighted by atomic mass is 9.88. The van der Waals surface area contributed by atoms with E-state index >= 15 is 0 Å². The van der Waals surface area contributed by atoms with Gasteiger partial charge in [0.2, 0.25) is 0 Å². The molecule has 8 rings (SSSR count). The molecule has 0 radical (unpaired) electrons.